The van der Waals surface area contributed by atoms with Crippen LogP contribution in [-0.2, 0) is 0 Å². The summed E-state index contributed by atoms with van der Waals surface area (Å²) in [5.74, 6) is 0. The van der Waals surface area contributed by atoms with Crippen molar-refractivity contribution in [2.24, 2.45) is 0 Å². The van der Waals surface area contributed by atoms with Gasteiger partial charge in [-0.15, -0.1) is 0 Å². The first-order valence-corrected chi connectivity index (χ1v) is 2.15. The average Bonchev–Trinajstić information content (AvgIpc) is 1.91. The monoisotopic (exact) mass is 115 g/mol. The van der Waals surface area contributed by atoms with Crippen molar-refractivity contribution in [2.75, 3.05) is 0 Å². The summed E-state index contributed by atoms with van der Waals surface area (Å²) >= 11 is 4.48. The van der Waals surface area contributed by atoms with Gasteiger partial charge in [-0.05, 0) is 12.2 Å². The summed E-state index contributed by atoms with van der Waals surface area (Å²) in [6, 6.07) is 0. The van der Waals surface area contributed by atoms with Crippen molar-refractivity contribution in [3.05, 3.63) is 22.4 Å². The number of rotatable bonds is 0. The molecular formula is C3H3N2OS-. The average molecular weight is 115 g/mol. The van der Waals surface area contributed by atoms with Crippen LogP contribution in [0.4, 0.5) is 0 Å². The lowest BCUT2D eigenvalue weighted by Gasteiger charge is -1.99. The molecule has 0 spiro atoms. The fourth-order valence-corrected chi connectivity index (χ4v) is 0.436. The number of nitrogens with one attached hydrogen (secondary N) is 1. The molecule has 0 amide bonds. The number of H-pyrrole nitrogens is 1. The summed E-state index contributed by atoms with van der Waals surface area (Å²) in [6.45, 7) is 0. The van der Waals surface area contributed by atoms with Gasteiger partial charge in [0, 0.05) is 12.4 Å². The zero-order chi connectivity index (χ0) is 5.28. The molecule has 3 nitrogen and oxygen atoms in total. The third-order valence-electron chi connectivity index (χ3n) is 0.617. The Morgan fingerprint density at radius 3 is 2.71 bits per heavy atom. The van der Waals surface area contributed by atoms with Crippen LogP contribution in [0.25, 0.3) is 0 Å². The van der Waals surface area contributed by atoms with Crippen LogP contribution in [0.15, 0.2) is 12.4 Å². The quantitative estimate of drug-likeness (QED) is 0.510. The fraction of sp³-hybridized carbons (Fsp3) is 0. The molecule has 0 atom stereocenters. The van der Waals surface area contributed by atoms with Crippen molar-refractivity contribution in [3.63, 3.8) is 0 Å². The Balaban J connectivity index is 3.39. The molecule has 0 unspecified atom stereocenters. The van der Waals surface area contributed by atoms with Crippen LogP contribution in [0.1, 0.15) is 0 Å². The number of hydrogen-bond acceptors (Lipinski definition) is 2. The summed E-state index contributed by atoms with van der Waals surface area (Å²) in [6.07, 6.45) is 2.82. The van der Waals surface area contributed by atoms with Gasteiger partial charge in [-0.3, -0.25) is 0 Å². The van der Waals surface area contributed by atoms with E-state index >= 15 is 0 Å². The number of hydrogen-bond donors (Lipinski definition) is 1. The van der Waals surface area contributed by atoms with Crippen LogP contribution in [0.2, 0.25) is 0 Å². The Bertz CT molecular complexity index is 201. The Labute approximate surface area is 45.2 Å². The Kier molecular flexibility index (Phi) is 0.867. The molecule has 1 N–H and O–H groups in total. The molecule has 38 valence electrons. The predicted molar refractivity (Wildman–Crippen MR) is 28.4 cm³/mol. The summed E-state index contributed by atoms with van der Waals surface area (Å²) in [5.41, 5.74) is 0. The topological polar surface area (TPSA) is 43.8 Å². The smallest absolute Gasteiger partial charge is 0.172 e. The first-order chi connectivity index (χ1) is 3.30. The highest BCUT2D eigenvalue weighted by Crippen LogP contribution is 1.82. The maximum atomic E-state index is 10.2. The van der Waals surface area contributed by atoms with Crippen LogP contribution in [-0.4, -0.2) is 9.71 Å². The SMILES string of the molecule is [O-]n1cc[nH]c1=S. The Morgan fingerprint density at radius 1 is 1.86 bits per heavy atom. The number of imidazole rings is 1. The zero-order valence-electron chi connectivity index (χ0n) is 3.42. The number of aromatic amines is 1. The van der Waals surface area contributed by atoms with Gasteiger partial charge in [0.25, 0.3) is 0 Å². The molecule has 0 aromatic carbocycles. The van der Waals surface area contributed by atoms with E-state index in [1.165, 1.54) is 12.4 Å². The number of nitrogens with zero attached hydrogens (tertiary/aromatic N) is 1. The summed E-state index contributed by atoms with van der Waals surface area (Å²) in [7, 11) is 0. The fourth-order valence-electron chi connectivity index (χ4n) is 0.308. The minimum atomic E-state index is 0.208. The van der Waals surface area contributed by atoms with Gasteiger partial charge in [0.15, 0.2) is 4.77 Å². The molecule has 7 heavy (non-hydrogen) atoms. The van der Waals surface area contributed by atoms with E-state index in [0.717, 1.165) is 0 Å². The molecule has 4 heteroatoms. The predicted octanol–water partition coefficient (Wildman–Crippen LogP) is 0.892. The molecule has 0 bridgehead atoms. The van der Waals surface area contributed by atoms with Crippen molar-refractivity contribution >= 4 is 12.2 Å². The lowest BCUT2D eigenvalue weighted by molar-refractivity contribution is 1.05. The Morgan fingerprint density at radius 2 is 2.57 bits per heavy atom. The molecule has 0 aliphatic rings. The molecule has 0 fully saturated rings. The van der Waals surface area contributed by atoms with E-state index in [4.69, 9.17) is 0 Å². The van der Waals surface area contributed by atoms with E-state index in [2.05, 4.69) is 17.2 Å². The van der Waals surface area contributed by atoms with E-state index in [9.17, 15) is 5.21 Å². The molecule has 1 aromatic rings. The second-order valence-corrected chi connectivity index (χ2v) is 1.48. The van der Waals surface area contributed by atoms with Crippen LogP contribution in [0, 0.1) is 9.98 Å². The molecule has 0 saturated heterocycles. The summed E-state index contributed by atoms with van der Waals surface area (Å²) in [4.78, 5) is 2.53. The van der Waals surface area contributed by atoms with E-state index in [1.807, 2.05) is 0 Å². The van der Waals surface area contributed by atoms with Gasteiger partial charge in [0.05, 0.1) is 0 Å². The van der Waals surface area contributed by atoms with E-state index < -0.39 is 0 Å². The van der Waals surface area contributed by atoms with Gasteiger partial charge in [0.1, 0.15) is 0 Å². The van der Waals surface area contributed by atoms with Crippen LogP contribution in [0.5, 0.6) is 0 Å². The second-order valence-electron chi connectivity index (χ2n) is 1.09. The normalized spacial score (nSPS) is 9.14. The molecular weight excluding hydrogens is 112 g/mol. The van der Waals surface area contributed by atoms with Crippen LogP contribution >= 0.6 is 12.2 Å². The highest BCUT2D eigenvalue weighted by molar-refractivity contribution is 7.71. The molecule has 0 aliphatic heterocycles. The first kappa shape index (κ1) is 4.39. The lowest BCUT2D eigenvalue weighted by Crippen LogP contribution is -1.78. The van der Waals surface area contributed by atoms with Crippen molar-refractivity contribution in [1.82, 2.24) is 9.71 Å². The Hall–Kier alpha value is -0.770. The van der Waals surface area contributed by atoms with E-state index in [-0.39, 0.29) is 4.77 Å². The maximum absolute atomic E-state index is 10.2. The maximum Gasteiger partial charge on any atom is 0.172 e. The van der Waals surface area contributed by atoms with E-state index in [1.54, 1.807) is 0 Å². The van der Waals surface area contributed by atoms with Crippen molar-refractivity contribution < 1.29 is 0 Å². The minimum Gasteiger partial charge on any atom is -0.804 e. The molecule has 0 saturated carbocycles. The van der Waals surface area contributed by atoms with E-state index in [0.29, 0.717) is 4.73 Å². The summed E-state index contributed by atoms with van der Waals surface area (Å²) in [5, 5.41) is 10.2. The van der Waals surface area contributed by atoms with Crippen LogP contribution < -0.4 is 0 Å². The third-order valence-corrected chi connectivity index (χ3v) is 0.915. The molecule has 0 radical (unpaired) electrons. The van der Waals surface area contributed by atoms with Gasteiger partial charge in [-0.25, -0.2) is 0 Å². The highest BCUT2D eigenvalue weighted by Gasteiger charge is 1.71. The van der Waals surface area contributed by atoms with Gasteiger partial charge in [0.2, 0.25) is 0 Å². The van der Waals surface area contributed by atoms with Crippen molar-refractivity contribution in [3.8, 4) is 0 Å². The van der Waals surface area contributed by atoms with Gasteiger partial charge >= 0.3 is 0 Å². The third kappa shape index (κ3) is 0.640. The largest absolute Gasteiger partial charge is 0.804 e. The number of aromatic nitrogens is 2. The van der Waals surface area contributed by atoms with Crippen LogP contribution in [0.3, 0.4) is 0 Å². The van der Waals surface area contributed by atoms with Crippen molar-refractivity contribution in [1.29, 1.82) is 0 Å². The molecule has 1 aromatic heterocycles. The minimum absolute atomic E-state index is 0.208. The molecule has 0 aliphatic carbocycles. The van der Waals surface area contributed by atoms with Gasteiger partial charge < -0.3 is 14.9 Å². The standard InChI is InChI=1S/C3H3N2OS/c6-5-2-1-4-3(5)7/h1-2H,(H,4,7)/q-1. The first-order valence-electron chi connectivity index (χ1n) is 1.74. The second kappa shape index (κ2) is 1.38. The summed E-state index contributed by atoms with van der Waals surface area (Å²) < 4.78 is 0.801. The van der Waals surface area contributed by atoms with Gasteiger partial charge in [-0.1, -0.05) is 0 Å². The zero-order valence-corrected chi connectivity index (χ0v) is 4.23. The van der Waals surface area contributed by atoms with Gasteiger partial charge in [-0.2, -0.15) is 0 Å². The van der Waals surface area contributed by atoms with Crippen molar-refractivity contribution in [2.45, 2.75) is 0 Å². The highest BCUT2D eigenvalue weighted by atomic mass is 32.1. The lowest BCUT2D eigenvalue weighted by atomic mass is 11.0. The molecule has 1 heterocycles. The molecule has 1 rings (SSSR count).